The van der Waals surface area contributed by atoms with Crippen molar-refractivity contribution in [1.29, 1.82) is 0 Å². The molecule has 0 radical (unpaired) electrons. The third kappa shape index (κ3) is 7.10. The zero-order valence-electron chi connectivity index (χ0n) is 24.9. The third-order valence-electron chi connectivity index (χ3n) is 7.65. The van der Waals surface area contributed by atoms with Gasteiger partial charge in [0.1, 0.15) is 23.4 Å². The molecule has 43 heavy (non-hydrogen) atoms. The van der Waals surface area contributed by atoms with Crippen LogP contribution in [0.4, 0.5) is 4.79 Å². The van der Waals surface area contributed by atoms with Gasteiger partial charge in [-0.25, -0.2) is 4.79 Å². The zero-order valence-corrected chi connectivity index (χ0v) is 26.4. The number of halogens is 2. The third-order valence-corrected chi connectivity index (χ3v) is 8.16. The Hall–Kier alpha value is -3.30. The van der Waals surface area contributed by atoms with Crippen LogP contribution in [0.25, 0.3) is 0 Å². The number of urea groups is 1. The summed E-state index contributed by atoms with van der Waals surface area (Å²) in [6.45, 7) is 8.69. The summed E-state index contributed by atoms with van der Waals surface area (Å²) < 4.78 is 11.8. The lowest BCUT2D eigenvalue weighted by molar-refractivity contribution is 0.0828. The second-order valence-electron chi connectivity index (χ2n) is 11.3. The van der Waals surface area contributed by atoms with Gasteiger partial charge in [0.05, 0.1) is 30.9 Å². The van der Waals surface area contributed by atoms with Crippen LogP contribution in [-0.4, -0.2) is 83.7 Å². The number of amides is 2. The van der Waals surface area contributed by atoms with Crippen molar-refractivity contribution < 1.29 is 19.4 Å². The fourth-order valence-electron chi connectivity index (χ4n) is 5.67. The van der Waals surface area contributed by atoms with E-state index in [1.807, 2.05) is 90.4 Å². The molecule has 2 aliphatic rings. The number of β-amino-alcohol motifs (C(OH)–C–C–N with tert-alkyl or cyclic N) is 1. The molecule has 3 aromatic carbocycles. The van der Waals surface area contributed by atoms with Gasteiger partial charge in [-0.1, -0.05) is 47.5 Å². The molecular formula is C33H38Cl2N4O4. The molecule has 8 nitrogen and oxygen atoms in total. The van der Waals surface area contributed by atoms with Crippen molar-refractivity contribution in [3.63, 3.8) is 0 Å². The average molecular weight is 626 g/mol. The predicted molar refractivity (Wildman–Crippen MR) is 171 cm³/mol. The quantitative estimate of drug-likeness (QED) is 0.311. The van der Waals surface area contributed by atoms with Crippen LogP contribution in [0.1, 0.15) is 49.5 Å². The maximum atomic E-state index is 14.6. The summed E-state index contributed by atoms with van der Waals surface area (Å²) in [5, 5.41) is 11.1. The number of benzene rings is 3. The van der Waals surface area contributed by atoms with E-state index < -0.39 is 18.2 Å². The first-order valence-corrected chi connectivity index (χ1v) is 15.3. The number of methoxy groups -OCH3 is 1. The highest BCUT2D eigenvalue weighted by atomic mass is 35.5. The van der Waals surface area contributed by atoms with E-state index in [4.69, 9.17) is 37.7 Å². The van der Waals surface area contributed by atoms with Crippen LogP contribution in [0.5, 0.6) is 11.5 Å². The maximum Gasteiger partial charge on any atom is 0.326 e. The van der Waals surface area contributed by atoms with Crippen LogP contribution >= 0.6 is 23.2 Å². The van der Waals surface area contributed by atoms with Gasteiger partial charge >= 0.3 is 6.03 Å². The van der Waals surface area contributed by atoms with E-state index in [0.29, 0.717) is 65.7 Å². The monoisotopic (exact) mass is 624 g/mol. The lowest BCUT2D eigenvalue weighted by Crippen LogP contribution is -2.54. The van der Waals surface area contributed by atoms with Gasteiger partial charge in [-0.2, -0.15) is 0 Å². The number of hydrogen-bond donors (Lipinski definition) is 1. The van der Waals surface area contributed by atoms with Gasteiger partial charge in [-0.05, 0) is 68.3 Å². The Bertz CT molecular complexity index is 1440. The molecule has 0 spiro atoms. The molecular weight excluding hydrogens is 587 g/mol. The molecule has 228 valence electrons. The zero-order chi connectivity index (χ0) is 30.7. The highest BCUT2D eigenvalue weighted by Crippen LogP contribution is 2.46. The summed E-state index contributed by atoms with van der Waals surface area (Å²) in [5.41, 5.74) is 2.54. The summed E-state index contributed by atoms with van der Waals surface area (Å²) in [7, 11) is 1.61. The molecule has 1 saturated heterocycles. The van der Waals surface area contributed by atoms with E-state index in [1.165, 1.54) is 0 Å². The van der Waals surface area contributed by atoms with Crippen molar-refractivity contribution in [2.24, 2.45) is 4.99 Å². The summed E-state index contributed by atoms with van der Waals surface area (Å²) in [4.78, 5) is 25.8. The molecule has 3 atom stereocenters. The van der Waals surface area contributed by atoms with Gasteiger partial charge in [0.25, 0.3) is 0 Å². The first kappa shape index (κ1) is 31.1. The number of aliphatic imine (C=N–C) groups is 1. The van der Waals surface area contributed by atoms with Crippen molar-refractivity contribution in [3.8, 4) is 11.5 Å². The molecule has 2 heterocycles. The minimum Gasteiger partial charge on any atom is -0.497 e. The molecule has 2 aliphatic heterocycles. The molecule has 1 fully saturated rings. The fraction of sp³-hybridized carbons (Fsp3) is 0.394. The minimum atomic E-state index is -0.453. The number of hydrogen-bond acceptors (Lipinski definition) is 6. The topological polar surface area (TPSA) is 77.8 Å². The standard InChI is InChI=1S/C33H38Cl2N4O4/c1-21(2)43-29-19-27(42-4)13-14-28(29)32-36-30(23-5-9-25(34)10-6-23)31(24-7-11-26(35)12-8-24)39(32)33(41)38-17-15-37(16-18-38)20-22(3)40/h5-14,19,21-22,30-31,40H,15-18,20H2,1-4H3/t22?,30-,31+/m1/s1. The number of carbonyl (C=O) groups excluding carboxylic acids is 1. The first-order valence-electron chi connectivity index (χ1n) is 14.6. The van der Waals surface area contributed by atoms with E-state index in [-0.39, 0.29) is 12.1 Å². The van der Waals surface area contributed by atoms with Crippen LogP contribution in [0.15, 0.2) is 71.7 Å². The maximum absolute atomic E-state index is 14.6. The van der Waals surface area contributed by atoms with Crippen molar-refractivity contribution in [2.75, 3.05) is 39.8 Å². The summed E-state index contributed by atoms with van der Waals surface area (Å²) >= 11 is 12.6. The molecule has 10 heteroatoms. The molecule has 3 aromatic rings. The molecule has 2 amide bonds. The Balaban J connectivity index is 1.63. The summed E-state index contributed by atoms with van der Waals surface area (Å²) in [6.07, 6.45) is -0.540. The van der Waals surface area contributed by atoms with Crippen molar-refractivity contribution >= 4 is 35.1 Å². The summed E-state index contributed by atoms with van der Waals surface area (Å²) in [5.74, 6) is 1.75. The van der Waals surface area contributed by atoms with Crippen LogP contribution in [-0.2, 0) is 0 Å². The lowest BCUT2D eigenvalue weighted by Gasteiger charge is -2.39. The second-order valence-corrected chi connectivity index (χ2v) is 12.1. The van der Waals surface area contributed by atoms with E-state index >= 15 is 0 Å². The Morgan fingerprint density at radius 2 is 1.53 bits per heavy atom. The van der Waals surface area contributed by atoms with Gasteiger partial charge in [-0.15, -0.1) is 0 Å². The van der Waals surface area contributed by atoms with Crippen molar-refractivity contribution in [2.45, 2.75) is 45.1 Å². The molecule has 1 N–H and O–H groups in total. The Morgan fingerprint density at radius 1 is 0.930 bits per heavy atom. The highest BCUT2D eigenvalue weighted by Gasteiger charge is 2.45. The predicted octanol–water partition coefficient (Wildman–Crippen LogP) is 6.45. The molecule has 0 saturated carbocycles. The number of amidine groups is 1. The number of rotatable bonds is 8. The normalized spacial score (nSPS) is 19.9. The molecule has 0 aromatic heterocycles. The SMILES string of the molecule is COc1ccc(C2=N[C@H](c3ccc(Cl)cc3)[C@H](c3ccc(Cl)cc3)N2C(=O)N2CCN(CC(C)O)CC2)c(OC(C)C)c1. The first-order chi connectivity index (χ1) is 20.6. The van der Waals surface area contributed by atoms with Crippen LogP contribution in [0.3, 0.4) is 0 Å². The lowest BCUT2D eigenvalue weighted by atomic mass is 9.93. The number of piperazine rings is 1. The van der Waals surface area contributed by atoms with Crippen LogP contribution in [0, 0.1) is 0 Å². The molecule has 1 unspecified atom stereocenters. The van der Waals surface area contributed by atoms with Gasteiger partial charge in [0, 0.05) is 48.8 Å². The highest BCUT2D eigenvalue weighted by molar-refractivity contribution is 6.30. The molecule has 0 bridgehead atoms. The number of aliphatic hydroxyl groups excluding tert-OH is 1. The number of carbonyl (C=O) groups is 1. The Kier molecular flexibility index (Phi) is 9.82. The van der Waals surface area contributed by atoms with Crippen LogP contribution in [0.2, 0.25) is 10.0 Å². The van der Waals surface area contributed by atoms with Gasteiger partial charge in [-0.3, -0.25) is 14.8 Å². The average Bonchev–Trinajstić information content (AvgIpc) is 3.37. The van der Waals surface area contributed by atoms with Crippen molar-refractivity contribution in [1.82, 2.24) is 14.7 Å². The minimum absolute atomic E-state index is 0.113. The molecule has 0 aliphatic carbocycles. The second kappa shape index (κ2) is 13.6. The van der Waals surface area contributed by atoms with Gasteiger partial charge < -0.3 is 19.5 Å². The van der Waals surface area contributed by atoms with E-state index in [1.54, 1.807) is 14.0 Å². The smallest absolute Gasteiger partial charge is 0.326 e. The fourth-order valence-corrected chi connectivity index (χ4v) is 5.92. The van der Waals surface area contributed by atoms with E-state index in [9.17, 15) is 9.90 Å². The number of nitrogens with zero attached hydrogens (tertiary/aromatic N) is 4. The van der Waals surface area contributed by atoms with Gasteiger partial charge in [0.2, 0.25) is 0 Å². The van der Waals surface area contributed by atoms with E-state index in [0.717, 1.165) is 11.1 Å². The van der Waals surface area contributed by atoms with Crippen molar-refractivity contribution in [3.05, 3.63) is 93.5 Å². The Morgan fingerprint density at radius 3 is 2.09 bits per heavy atom. The Labute approximate surface area is 263 Å². The van der Waals surface area contributed by atoms with E-state index in [2.05, 4.69) is 4.90 Å². The number of ether oxygens (including phenoxy) is 2. The van der Waals surface area contributed by atoms with Crippen LogP contribution < -0.4 is 9.47 Å². The largest absolute Gasteiger partial charge is 0.497 e. The molecule has 5 rings (SSSR count). The summed E-state index contributed by atoms with van der Waals surface area (Å²) in [6, 6.07) is 19.8. The van der Waals surface area contributed by atoms with Gasteiger partial charge in [0.15, 0.2) is 0 Å². The number of aliphatic hydroxyl groups is 1.